The van der Waals surface area contributed by atoms with Crippen LogP contribution in [-0.2, 0) is 6.18 Å². The summed E-state index contributed by atoms with van der Waals surface area (Å²) in [6, 6.07) is 7.66. The number of nitrogens with two attached hydrogens (primary N) is 1. The molecule has 0 aliphatic rings. The number of ether oxygens (including phenoxy) is 2. The number of methoxy groups -OCH3 is 1. The normalized spacial score (nSPS) is 11.2. The van der Waals surface area contributed by atoms with E-state index in [1.54, 1.807) is 18.2 Å². The lowest BCUT2D eigenvalue weighted by Crippen LogP contribution is -2.06. The molecule has 1 heterocycles. The number of alkyl halides is 3. The minimum Gasteiger partial charge on any atom is -0.481 e. The fourth-order valence-corrected chi connectivity index (χ4v) is 1.50. The molecule has 1 aromatic carbocycles. The lowest BCUT2D eigenvalue weighted by atomic mass is 10.2. The Morgan fingerprint density at radius 3 is 2.40 bits per heavy atom. The summed E-state index contributed by atoms with van der Waals surface area (Å²) in [6.45, 7) is 0. The highest BCUT2D eigenvalue weighted by Crippen LogP contribution is 2.35. The molecule has 0 atom stereocenters. The summed E-state index contributed by atoms with van der Waals surface area (Å²) in [5.41, 5.74) is 4.60. The zero-order chi connectivity index (χ0) is 14.8. The van der Waals surface area contributed by atoms with Gasteiger partial charge in [-0.15, -0.1) is 0 Å². The topological polar surface area (TPSA) is 57.4 Å². The Hall–Kier alpha value is -2.44. The summed E-state index contributed by atoms with van der Waals surface area (Å²) in [6.07, 6.45) is -4.44. The molecule has 0 fully saturated rings. The van der Waals surface area contributed by atoms with Crippen LogP contribution in [0.2, 0.25) is 0 Å². The van der Waals surface area contributed by atoms with Crippen molar-refractivity contribution < 1.29 is 22.6 Å². The minimum absolute atomic E-state index is 0.0961. The zero-order valence-corrected chi connectivity index (χ0v) is 10.4. The van der Waals surface area contributed by atoms with Gasteiger partial charge in [0, 0.05) is 12.1 Å². The monoisotopic (exact) mass is 284 g/mol. The summed E-state index contributed by atoms with van der Waals surface area (Å²) >= 11 is 0. The third-order valence-corrected chi connectivity index (χ3v) is 2.46. The van der Waals surface area contributed by atoms with Crippen LogP contribution >= 0.6 is 0 Å². The average Bonchev–Trinajstić information content (AvgIpc) is 2.40. The predicted octanol–water partition coefficient (Wildman–Crippen LogP) is 3.48. The number of halogens is 3. The van der Waals surface area contributed by atoms with Crippen molar-refractivity contribution >= 4 is 5.69 Å². The second-order valence-electron chi connectivity index (χ2n) is 3.87. The van der Waals surface area contributed by atoms with Crippen molar-refractivity contribution in [1.82, 2.24) is 4.98 Å². The van der Waals surface area contributed by atoms with Gasteiger partial charge in [-0.3, -0.25) is 0 Å². The van der Waals surface area contributed by atoms with Crippen LogP contribution in [0, 0.1) is 0 Å². The maximum absolute atomic E-state index is 12.5. The molecule has 0 saturated heterocycles. The van der Waals surface area contributed by atoms with E-state index in [9.17, 15) is 13.2 Å². The summed E-state index contributed by atoms with van der Waals surface area (Å²) in [4.78, 5) is 3.98. The Balaban J connectivity index is 2.25. The van der Waals surface area contributed by atoms with Gasteiger partial charge in [0.25, 0.3) is 0 Å². The second kappa shape index (κ2) is 5.28. The van der Waals surface area contributed by atoms with Crippen molar-refractivity contribution in [1.29, 1.82) is 0 Å². The Bertz CT molecular complexity index is 615. The zero-order valence-electron chi connectivity index (χ0n) is 10.4. The number of nitrogens with zero attached hydrogens (tertiary/aromatic N) is 1. The summed E-state index contributed by atoms with van der Waals surface area (Å²) < 4.78 is 47.8. The highest BCUT2D eigenvalue weighted by atomic mass is 19.4. The van der Waals surface area contributed by atoms with Crippen molar-refractivity contribution in [3.05, 3.63) is 42.0 Å². The molecular formula is C13H11F3N2O2. The first-order valence-corrected chi connectivity index (χ1v) is 5.56. The minimum atomic E-state index is -4.44. The van der Waals surface area contributed by atoms with Crippen LogP contribution in [-0.4, -0.2) is 12.1 Å². The van der Waals surface area contributed by atoms with Gasteiger partial charge in [-0.1, -0.05) is 6.07 Å². The van der Waals surface area contributed by atoms with E-state index in [4.69, 9.17) is 15.2 Å². The molecule has 0 amide bonds. The first-order valence-electron chi connectivity index (χ1n) is 5.56. The van der Waals surface area contributed by atoms with Crippen molar-refractivity contribution in [3.8, 4) is 17.5 Å². The maximum atomic E-state index is 12.5. The molecule has 4 nitrogen and oxygen atoms in total. The number of hydrogen-bond acceptors (Lipinski definition) is 4. The first kappa shape index (κ1) is 14.0. The Morgan fingerprint density at radius 1 is 1.10 bits per heavy atom. The molecule has 106 valence electrons. The van der Waals surface area contributed by atoms with Gasteiger partial charge in [0.2, 0.25) is 11.8 Å². The summed E-state index contributed by atoms with van der Waals surface area (Å²) in [5.74, 6) is 0.600. The molecule has 0 saturated carbocycles. The predicted molar refractivity (Wildman–Crippen MR) is 66.7 cm³/mol. The Labute approximate surface area is 113 Å². The van der Waals surface area contributed by atoms with Crippen LogP contribution in [0.3, 0.4) is 0 Å². The van der Waals surface area contributed by atoms with E-state index in [2.05, 4.69) is 4.98 Å². The number of rotatable bonds is 3. The van der Waals surface area contributed by atoms with Gasteiger partial charge in [-0.2, -0.15) is 18.2 Å². The van der Waals surface area contributed by atoms with E-state index in [0.717, 1.165) is 18.2 Å². The SMILES string of the molecule is COc1cccc(Oc2ccc(C(F)(F)F)cc2N)n1. The van der Waals surface area contributed by atoms with E-state index >= 15 is 0 Å². The fraction of sp³-hybridized carbons (Fsp3) is 0.154. The van der Waals surface area contributed by atoms with E-state index < -0.39 is 11.7 Å². The molecular weight excluding hydrogens is 273 g/mol. The van der Waals surface area contributed by atoms with Gasteiger partial charge in [-0.05, 0) is 18.2 Å². The number of nitrogen functional groups attached to an aromatic ring is 1. The summed E-state index contributed by atoms with van der Waals surface area (Å²) in [7, 11) is 1.44. The molecule has 2 rings (SSSR count). The van der Waals surface area contributed by atoms with Gasteiger partial charge in [0.15, 0.2) is 5.75 Å². The molecule has 0 radical (unpaired) electrons. The van der Waals surface area contributed by atoms with Gasteiger partial charge in [0.1, 0.15) is 0 Å². The molecule has 20 heavy (non-hydrogen) atoms. The second-order valence-corrected chi connectivity index (χ2v) is 3.87. The molecule has 0 bridgehead atoms. The molecule has 2 N–H and O–H groups in total. The van der Waals surface area contributed by atoms with Crippen LogP contribution in [0.1, 0.15) is 5.56 Å². The lowest BCUT2D eigenvalue weighted by Gasteiger charge is -2.11. The molecule has 7 heteroatoms. The Morgan fingerprint density at radius 2 is 1.80 bits per heavy atom. The van der Waals surface area contributed by atoms with Gasteiger partial charge < -0.3 is 15.2 Å². The molecule has 0 aliphatic carbocycles. The number of hydrogen-bond donors (Lipinski definition) is 1. The third kappa shape index (κ3) is 3.11. The molecule has 2 aromatic rings. The maximum Gasteiger partial charge on any atom is 0.416 e. The highest BCUT2D eigenvalue weighted by Gasteiger charge is 2.31. The van der Waals surface area contributed by atoms with Gasteiger partial charge in [-0.25, -0.2) is 0 Å². The number of anilines is 1. The van der Waals surface area contributed by atoms with Crippen LogP contribution in [0.4, 0.5) is 18.9 Å². The van der Waals surface area contributed by atoms with Crippen molar-refractivity contribution in [2.75, 3.05) is 12.8 Å². The molecule has 0 spiro atoms. The van der Waals surface area contributed by atoms with E-state index in [1.165, 1.54) is 7.11 Å². The van der Waals surface area contributed by atoms with Crippen LogP contribution in [0.15, 0.2) is 36.4 Å². The number of aromatic nitrogens is 1. The standard InChI is InChI=1S/C13H11F3N2O2/c1-19-11-3-2-4-12(18-11)20-10-6-5-8(7-9(10)17)13(14,15)16/h2-7H,17H2,1H3. The van der Waals surface area contributed by atoms with Gasteiger partial charge >= 0.3 is 6.18 Å². The van der Waals surface area contributed by atoms with E-state index in [0.29, 0.717) is 5.88 Å². The summed E-state index contributed by atoms with van der Waals surface area (Å²) in [5, 5.41) is 0. The van der Waals surface area contributed by atoms with Crippen molar-refractivity contribution in [2.45, 2.75) is 6.18 Å². The quantitative estimate of drug-likeness (QED) is 0.877. The van der Waals surface area contributed by atoms with E-state index in [-0.39, 0.29) is 17.3 Å². The van der Waals surface area contributed by atoms with Crippen molar-refractivity contribution in [2.24, 2.45) is 0 Å². The van der Waals surface area contributed by atoms with Gasteiger partial charge in [0.05, 0.1) is 18.4 Å². The first-order chi connectivity index (χ1) is 9.40. The van der Waals surface area contributed by atoms with E-state index in [1.807, 2.05) is 0 Å². The number of pyridine rings is 1. The lowest BCUT2D eigenvalue weighted by molar-refractivity contribution is -0.137. The van der Waals surface area contributed by atoms with Crippen LogP contribution < -0.4 is 15.2 Å². The average molecular weight is 284 g/mol. The fourth-order valence-electron chi connectivity index (χ4n) is 1.50. The van der Waals surface area contributed by atoms with Crippen molar-refractivity contribution in [3.63, 3.8) is 0 Å². The Kier molecular flexibility index (Phi) is 3.69. The largest absolute Gasteiger partial charge is 0.481 e. The van der Waals surface area contributed by atoms with Crippen LogP contribution in [0.5, 0.6) is 17.5 Å². The molecule has 1 aromatic heterocycles. The van der Waals surface area contributed by atoms with Crippen LogP contribution in [0.25, 0.3) is 0 Å². The highest BCUT2D eigenvalue weighted by molar-refractivity contribution is 5.55. The smallest absolute Gasteiger partial charge is 0.416 e. The number of benzene rings is 1. The third-order valence-electron chi connectivity index (χ3n) is 2.46. The molecule has 0 aliphatic heterocycles. The molecule has 0 unspecified atom stereocenters.